The molecular weight excluding hydrogens is 245 g/mol. The molecule has 0 bridgehead atoms. The van der Waals surface area contributed by atoms with Crippen molar-refractivity contribution in [3.63, 3.8) is 0 Å². The highest BCUT2D eigenvalue weighted by molar-refractivity contribution is 6.35. The van der Waals surface area contributed by atoms with Crippen LogP contribution in [0.25, 0.3) is 0 Å². The van der Waals surface area contributed by atoms with Gasteiger partial charge >= 0.3 is 0 Å². The molecule has 1 amide bonds. The summed E-state index contributed by atoms with van der Waals surface area (Å²) in [7, 11) is 0. The smallest absolute Gasteiger partial charge is 0.223 e. The van der Waals surface area contributed by atoms with Crippen LogP contribution in [0.3, 0.4) is 0 Å². The van der Waals surface area contributed by atoms with Crippen LogP contribution < -0.4 is 5.32 Å². The van der Waals surface area contributed by atoms with Gasteiger partial charge in [-0.3, -0.25) is 4.79 Å². The molecule has 0 saturated heterocycles. The third kappa shape index (κ3) is 2.69. The summed E-state index contributed by atoms with van der Waals surface area (Å²) in [6.45, 7) is 2.55. The Kier molecular flexibility index (Phi) is 3.41. The van der Waals surface area contributed by atoms with E-state index >= 15 is 0 Å². The number of hydrogen-bond donors (Lipinski definition) is 1. The van der Waals surface area contributed by atoms with Crippen LogP contribution in [-0.2, 0) is 11.3 Å². The Morgan fingerprint density at radius 2 is 2.19 bits per heavy atom. The van der Waals surface area contributed by atoms with Gasteiger partial charge in [-0.2, -0.15) is 0 Å². The highest BCUT2D eigenvalue weighted by atomic mass is 35.5. The Bertz CT molecular complexity index is 419. The molecule has 4 heteroatoms. The zero-order chi connectivity index (χ0) is 11.7. The maximum Gasteiger partial charge on any atom is 0.223 e. The Morgan fingerprint density at radius 3 is 2.75 bits per heavy atom. The van der Waals surface area contributed by atoms with Crippen LogP contribution in [-0.4, -0.2) is 5.91 Å². The molecule has 0 aromatic heterocycles. The molecule has 2 rings (SSSR count). The fraction of sp³-hybridized carbons (Fsp3) is 0.417. The van der Waals surface area contributed by atoms with Gasteiger partial charge < -0.3 is 5.32 Å². The molecule has 1 saturated carbocycles. The van der Waals surface area contributed by atoms with E-state index in [1.165, 1.54) is 0 Å². The van der Waals surface area contributed by atoms with Crippen molar-refractivity contribution in [2.75, 3.05) is 0 Å². The van der Waals surface area contributed by atoms with Gasteiger partial charge in [0.05, 0.1) is 0 Å². The van der Waals surface area contributed by atoms with Crippen LogP contribution in [0.2, 0.25) is 10.0 Å². The van der Waals surface area contributed by atoms with Crippen LogP contribution in [0.5, 0.6) is 0 Å². The summed E-state index contributed by atoms with van der Waals surface area (Å²) in [4.78, 5) is 11.6. The summed E-state index contributed by atoms with van der Waals surface area (Å²) in [5, 5.41) is 4.09. The summed E-state index contributed by atoms with van der Waals surface area (Å²) in [6, 6.07) is 5.29. The Hall–Kier alpha value is -0.730. The largest absolute Gasteiger partial charge is 0.352 e. The van der Waals surface area contributed by atoms with Crippen molar-refractivity contribution in [3.8, 4) is 0 Å². The van der Waals surface area contributed by atoms with E-state index in [-0.39, 0.29) is 11.8 Å². The molecule has 16 heavy (non-hydrogen) atoms. The molecule has 0 spiro atoms. The molecule has 1 aromatic rings. The van der Waals surface area contributed by atoms with E-state index in [4.69, 9.17) is 23.2 Å². The fourth-order valence-electron chi connectivity index (χ4n) is 1.67. The second kappa shape index (κ2) is 4.64. The van der Waals surface area contributed by atoms with E-state index in [2.05, 4.69) is 12.2 Å². The molecule has 1 aliphatic carbocycles. The fourth-order valence-corrected chi connectivity index (χ4v) is 2.14. The van der Waals surface area contributed by atoms with Gasteiger partial charge in [0.25, 0.3) is 0 Å². The van der Waals surface area contributed by atoms with E-state index in [1.807, 2.05) is 6.07 Å². The third-order valence-corrected chi connectivity index (χ3v) is 3.50. The van der Waals surface area contributed by atoms with Gasteiger partial charge in [0.1, 0.15) is 0 Å². The lowest BCUT2D eigenvalue weighted by atomic mass is 10.2. The minimum atomic E-state index is 0.124. The molecule has 1 aliphatic rings. The first-order valence-electron chi connectivity index (χ1n) is 5.29. The summed E-state index contributed by atoms with van der Waals surface area (Å²) in [6.07, 6.45) is 1.00. The van der Waals surface area contributed by atoms with E-state index in [0.29, 0.717) is 22.5 Å². The number of carbonyl (C=O) groups excluding carboxylic acids is 1. The first-order valence-corrected chi connectivity index (χ1v) is 6.05. The summed E-state index contributed by atoms with van der Waals surface area (Å²) in [5.41, 5.74) is 0.896. The summed E-state index contributed by atoms with van der Waals surface area (Å²) >= 11 is 11.8. The monoisotopic (exact) mass is 257 g/mol. The van der Waals surface area contributed by atoms with Crippen molar-refractivity contribution in [1.29, 1.82) is 0 Å². The zero-order valence-electron chi connectivity index (χ0n) is 8.97. The van der Waals surface area contributed by atoms with Gasteiger partial charge in [0, 0.05) is 22.5 Å². The van der Waals surface area contributed by atoms with Gasteiger partial charge in [-0.15, -0.1) is 0 Å². The average molecular weight is 258 g/mol. The molecular formula is C12H13Cl2NO. The van der Waals surface area contributed by atoms with Crippen LogP contribution in [0.1, 0.15) is 18.9 Å². The van der Waals surface area contributed by atoms with Gasteiger partial charge in [-0.25, -0.2) is 0 Å². The number of nitrogens with one attached hydrogen (secondary N) is 1. The van der Waals surface area contributed by atoms with Gasteiger partial charge in [0.15, 0.2) is 0 Å². The lowest BCUT2D eigenvalue weighted by Gasteiger charge is -2.06. The van der Waals surface area contributed by atoms with Crippen LogP contribution >= 0.6 is 23.2 Å². The average Bonchev–Trinajstić information content (AvgIpc) is 2.94. The Balaban J connectivity index is 1.92. The second-order valence-corrected chi connectivity index (χ2v) is 5.12. The first-order chi connectivity index (χ1) is 7.58. The van der Waals surface area contributed by atoms with Crippen LogP contribution in [0.4, 0.5) is 0 Å². The van der Waals surface area contributed by atoms with E-state index < -0.39 is 0 Å². The predicted molar refractivity (Wildman–Crippen MR) is 65.6 cm³/mol. The molecule has 2 atom stereocenters. The number of amides is 1. The quantitative estimate of drug-likeness (QED) is 0.885. The normalized spacial score (nSPS) is 22.9. The van der Waals surface area contributed by atoms with Gasteiger partial charge in [0.2, 0.25) is 5.91 Å². The molecule has 1 fully saturated rings. The molecule has 1 aromatic carbocycles. The third-order valence-electron chi connectivity index (χ3n) is 2.91. The highest BCUT2D eigenvalue weighted by Gasteiger charge is 2.38. The minimum absolute atomic E-state index is 0.124. The highest BCUT2D eigenvalue weighted by Crippen LogP contribution is 2.37. The summed E-state index contributed by atoms with van der Waals surface area (Å²) < 4.78 is 0. The van der Waals surface area contributed by atoms with Crippen molar-refractivity contribution in [2.45, 2.75) is 19.9 Å². The number of carbonyl (C=O) groups is 1. The maximum atomic E-state index is 11.6. The first kappa shape index (κ1) is 11.7. The van der Waals surface area contributed by atoms with Crippen LogP contribution in [0, 0.1) is 11.8 Å². The van der Waals surface area contributed by atoms with Gasteiger partial charge in [-0.1, -0.05) is 36.2 Å². The standard InChI is InChI=1S/C12H13Cl2NO/c1-7-4-10(7)12(16)15-6-8-2-3-9(13)5-11(8)14/h2-3,5,7,10H,4,6H2,1H3,(H,15,16)/t7-,10-/m0/s1. The number of benzene rings is 1. The lowest BCUT2D eigenvalue weighted by molar-refractivity contribution is -0.122. The molecule has 2 nitrogen and oxygen atoms in total. The van der Waals surface area contributed by atoms with E-state index in [1.54, 1.807) is 12.1 Å². The Morgan fingerprint density at radius 1 is 1.50 bits per heavy atom. The zero-order valence-corrected chi connectivity index (χ0v) is 10.5. The molecule has 0 unspecified atom stereocenters. The van der Waals surface area contributed by atoms with Crippen molar-refractivity contribution in [1.82, 2.24) is 5.32 Å². The number of rotatable bonds is 3. The van der Waals surface area contributed by atoms with Crippen molar-refractivity contribution >= 4 is 29.1 Å². The molecule has 1 N–H and O–H groups in total. The van der Waals surface area contributed by atoms with Crippen molar-refractivity contribution < 1.29 is 4.79 Å². The predicted octanol–water partition coefficient (Wildman–Crippen LogP) is 3.27. The Labute approximate surface area is 105 Å². The SMILES string of the molecule is C[C@H]1C[C@@H]1C(=O)NCc1ccc(Cl)cc1Cl. The molecule has 0 aliphatic heterocycles. The van der Waals surface area contributed by atoms with E-state index in [9.17, 15) is 4.79 Å². The van der Waals surface area contributed by atoms with Gasteiger partial charge in [-0.05, 0) is 30.0 Å². The van der Waals surface area contributed by atoms with Crippen LogP contribution in [0.15, 0.2) is 18.2 Å². The number of halogens is 2. The second-order valence-electron chi connectivity index (χ2n) is 4.27. The molecule has 0 heterocycles. The molecule has 0 radical (unpaired) electrons. The number of hydrogen-bond acceptors (Lipinski definition) is 1. The maximum absolute atomic E-state index is 11.6. The van der Waals surface area contributed by atoms with Crippen molar-refractivity contribution in [3.05, 3.63) is 33.8 Å². The van der Waals surface area contributed by atoms with E-state index in [0.717, 1.165) is 12.0 Å². The summed E-state index contributed by atoms with van der Waals surface area (Å²) in [5.74, 6) is 0.852. The minimum Gasteiger partial charge on any atom is -0.352 e. The lowest BCUT2D eigenvalue weighted by Crippen LogP contribution is -2.24. The molecule has 86 valence electrons. The van der Waals surface area contributed by atoms with Crippen molar-refractivity contribution in [2.24, 2.45) is 11.8 Å². The topological polar surface area (TPSA) is 29.1 Å².